The highest BCUT2D eigenvalue weighted by atomic mass is 16.5. The van der Waals surface area contributed by atoms with Gasteiger partial charge in [-0.1, -0.05) is 52.0 Å². The first kappa shape index (κ1) is 78.5. The van der Waals surface area contributed by atoms with Crippen molar-refractivity contribution in [1.29, 1.82) is 0 Å². The zero-order valence-corrected chi connectivity index (χ0v) is 61.5. The Morgan fingerprint density at radius 3 is 0.720 bits per heavy atom. The van der Waals surface area contributed by atoms with Crippen LogP contribution in [0.2, 0.25) is 0 Å². The first-order chi connectivity index (χ1) is 48.6. The second-order valence-electron chi connectivity index (χ2n) is 30.9. The van der Waals surface area contributed by atoms with Crippen molar-refractivity contribution in [2.45, 2.75) is 309 Å². The van der Waals surface area contributed by atoms with Gasteiger partial charge in [0.25, 0.3) is 0 Å². The molecule has 4 saturated carbocycles. The second-order valence-corrected chi connectivity index (χ2v) is 30.9. The van der Waals surface area contributed by atoms with Crippen molar-refractivity contribution in [3.05, 3.63) is 116 Å². The van der Waals surface area contributed by atoms with Crippen LogP contribution in [0.25, 0.3) is 0 Å². The Bertz CT molecular complexity index is 2740. The molecular formula is C84H124N4O12. The van der Waals surface area contributed by atoms with Gasteiger partial charge in [-0.05, 0) is 327 Å². The molecular weight excluding hydrogens is 1260 g/mol. The Morgan fingerprint density at radius 1 is 0.330 bits per heavy atom. The van der Waals surface area contributed by atoms with E-state index in [0.717, 1.165) is 126 Å². The number of aliphatic carboxylic acids is 4. The number of rotatable bonds is 36. The molecule has 0 unspecified atom stereocenters. The number of carbonyl (C=O) groups is 4. The standard InChI is InChI=1S/4C21H31NO3/c4*1-2-16(21(23)24)11-12-25-19-13-15(14-19)7-9-18-10-8-17-5-3-4-6-20(17)22-18/h4*8,10,15-16,19H,2-7,9,11-14H2,1H3,(H,23,24)/t4*15?,16-,19?/m1100/s1. The molecule has 4 aromatic rings. The maximum absolute atomic E-state index is 11.0. The Hall–Kier alpha value is -5.68. The van der Waals surface area contributed by atoms with Crippen LogP contribution in [0.4, 0.5) is 0 Å². The predicted molar refractivity (Wildman–Crippen MR) is 391 cm³/mol. The summed E-state index contributed by atoms with van der Waals surface area (Å²) >= 11 is 0. The van der Waals surface area contributed by atoms with Crippen LogP contribution in [0.15, 0.2) is 48.5 Å². The summed E-state index contributed by atoms with van der Waals surface area (Å²) in [7, 11) is 0. The minimum atomic E-state index is -0.699. The van der Waals surface area contributed by atoms with Gasteiger partial charge in [-0.15, -0.1) is 0 Å². The zero-order chi connectivity index (χ0) is 70.6. The predicted octanol–water partition coefficient (Wildman–Crippen LogP) is 16.8. The number of fused-ring (bicyclic) bond motifs is 4. The average Bonchev–Trinajstić information content (AvgIpc) is 0.846. The number of carboxylic acid groups (broad SMARTS) is 4. The smallest absolute Gasteiger partial charge is 0.306 e. The molecule has 12 rings (SSSR count). The quantitative estimate of drug-likeness (QED) is 0.0331. The van der Waals surface area contributed by atoms with Gasteiger partial charge in [-0.25, -0.2) is 0 Å². The molecule has 0 amide bonds. The van der Waals surface area contributed by atoms with E-state index in [1.54, 1.807) is 0 Å². The van der Waals surface area contributed by atoms with Crippen molar-refractivity contribution in [1.82, 2.24) is 19.9 Å². The third-order valence-corrected chi connectivity index (χ3v) is 23.6. The number of nitrogens with zero attached hydrogens (tertiary/aromatic N) is 4. The molecule has 16 heteroatoms. The Morgan fingerprint density at radius 2 is 0.530 bits per heavy atom. The molecule has 8 aliphatic carbocycles. The fourth-order valence-corrected chi connectivity index (χ4v) is 16.2. The molecule has 0 radical (unpaired) electrons. The van der Waals surface area contributed by atoms with Crippen LogP contribution in [0.1, 0.15) is 275 Å². The summed E-state index contributed by atoms with van der Waals surface area (Å²) in [6.45, 7) is 10.0. The van der Waals surface area contributed by atoms with E-state index in [1.165, 1.54) is 171 Å². The molecule has 4 N–H and O–H groups in total. The summed E-state index contributed by atoms with van der Waals surface area (Å²) in [5.74, 6) is -0.869. The number of hydrogen-bond acceptors (Lipinski definition) is 12. The van der Waals surface area contributed by atoms with Crippen LogP contribution in [0, 0.1) is 47.3 Å². The molecule has 100 heavy (non-hydrogen) atoms. The van der Waals surface area contributed by atoms with Crippen LogP contribution >= 0.6 is 0 Å². The van der Waals surface area contributed by atoms with Crippen molar-refractivity contribution in [2.24, 2.45) is 47.3 Å². The first-order valence-corrected chi connectivity index (χ1v) is 39.9. The first-order valence-electron chi connectivity index (χ1n) is 39.9. The molecule has 0 saturated heterocycles. The summed E-state index contributed by atoms with van der Waals surface area (Å²) in [6, 6.07) is 18.0. The Balaban J connectivity index is 0.000000156. The molecule has 0 spiro atoms. The molecule has 16 nitrogen and oxygen atoms in total. The third-order valence-electron chi connectivity index (χ3n) is 23.6. The second kappa shape index (κ2) is 41.6. The summed E-state index contributed by atoms with van der Waals surface area (Å²) in [4.78, 5) is 63.4. The maximum Gasteiger partial charge on any atom is 0.306 e. The lowest BCUT2D eigenvalue weighted by atomic mass is 9.79. The number of aryl methyl sites for hydroxylation is 12. The van der Waals surface area contributed by atoms with Gasteiger partial charge in [0.15, 0.2) is 0 Å². The molecule has 4 heterocycles. The minimum absolute atomic E-state index is 0.258. The van der Waals surface area contributed by atoms with E-state index >= 15 is 0 Å². The van der Waals surface area contributed by atoms with Gasteiger partial charge >= 0.3 is 23.9 Å². The van der Waals surface area contributed by atoms with Gasteiger partial charge in [0.1, 0.15) is 0 Å². The van der Waals surface area contributed by atoms with Crippen LogP contribution in [-0.4, -0.2) is 115 Å². The fraction of sp³-hybridized carbons (Fsp3) is 0.714. The van der Waals surface area contributed by atoms with Gasteiger partial charge in [0, 0.05) is 72.0 Å². The van der Waals surface area contributed by atoms with E-state index in [-0.39, 0.29) is 23.7 Å². The third kappa shape index (κ3) is 25.3. The number of aromatic nitrogens is 4. The monoisotopic (exact) mass is 1380 g/mol. The van der Waals surface area contributed by atoms with Crippen molar-refractivity contribution in [2.75, 3.05) is 26.4 Å². The molecule has 8 aliphatic rings. The molecule has 0 aliphatic heterocycles. The Kier molecular flexibility index (Phi) is 32.6. The van der Waals surface area contributed by atoms with E-state index in [2.05, 4.69) is 48.5 Å². The van der Waals surface area contributed by atoms with Crippen LogP contribution in [0.5, 0.6) is 0 Å². The van der Waals surface area contributed by atoms with E-state index < -0.39 is 23.9 Å². The number of pyridine rings is 4. The summed E-state index contributed by atoms with van der Waals surface area (Å²) in [5.41, 5.74) is 16.2. The van der Waals surface area contributed by atoms with Crippen molar-refractivity contribution < 1.29 is 58.6 Å². The van der Waals surface area contributed by atoms with Crippen LogP contribution < -0.4 is 0 Å². The van der Waals surface area contributed by atoms with Crippen molar-refractivity contribution in [3.63, 3.8) is 0 Å². The van der Waals surface area contributed by atoms with Crippen molar-refractivity contribution >= 4 is 23.9 Å². The highest BCUT2D eigenvalue weighted by Crippen LogP contribution is 2.38. The molecule has 4 atom stereocenters. The number of hydrogen-bond donors (Lipinski definition) is 4. The van der Waals surface area contributed by atoms with Gasteiger partial charge in [0.05, 0.1) is 48.1 Å². The lowest BCUT2D eigenvalue weighted by Crippen LogP contribution is -2.32. The average molecular weight is 1380 g/mol. The van der Waals surface area contributed by atoms with E-state index in [4.69, 9.17) is 59.3 Å². The molecule has 0 aromatic carbocycles. The van der Waals surface area contributed by atoms with Gasteiger partial charge in [-0.2, -0.15) is 0 Å². The highest BCUT2D eigenvalue weighted by Gasteiger charge is 2.34. The summed E-state index contributed by atoms with van der Waals surface area (Å²) in [5, 5.41) is 36.2. The highest BCUT2D eigenvalue weighted by molar-refractivity contribution is 5.71. The van der Waals surface area contributed by atoms with Crippen LogP contribution in [-0.2, 0) is 115 Å². The zero-order valence-electron chi connectivity index (χ0n) is 61.5. The minimum Gasteiger partial charge on any atom is -0.481 e. The number of ether oxygens (including phenoxy) is 4. The van der Waals surface area contributed by atoms with Crippen molar-refractivity contribution in [3.8, 4) is 0 Å². The molecule has 4 fully saturated rings. The Labute approximate surface area is 598 Å². The fourth-order valence-electron chi connectivity index (χ4n) is 16.2. The van der Waals surface area contributed by atoms with E-state index in [9.17, 15) is 19.2 Å². The normalized spacial score (nSPS) is 23.6. The molecule has 552 valence electrons. The molecule has 0 bridgehead atoms. The van der Waals surface area contributed by atoms with Crippen LogP contribution in [0.3, 0.4) is 0 Å². The van der Waals surface area contributed by atoms with E-state index in [1.807, 2.05) is 27.7 Å². The van der Waals surface area contributed by atoms with Gasteiger partial charge in [0.2, 0.25) is 0 Å². The van der Waals surface area contributed by atoms with E-state index in [0.29, 0.717) is 102 Å². The maximum atomic E-state index is 11.0. The van der Waals surface area contributed by atoms with Gasteiger partial charge in [-0.3, -0.25) is 39.1 Å². The van der Waals surface area contributed by atoms with Gasteiger partial charge < -0.3 is 39.4 Å². The number of carboxylic acids is 4. The lowest BCUT2D eigenvalue weighted by Gasteiger charge is -2.35. The summed E-state index contributed by atoms with van der Waals surface area (Å²) < 4.78 is 23.4. The largest absolute Gasteiger partial charge is 0.481 e. The SMILES string of the molecule is CC[C@@H](CCOC1CC(CCc2ccc3c(n2)CCCC3)C1)C(=O)O.CC[C@@H](CCOC1CC(CCc2ccc3c(n2)CCCC3)C1)C(=O)O.CC[C@H](CCOC1CC(CCc2ccc3c(n2)CCCC3)C1)C(=O)O.CC[C@H](CCOC1CC(CCc2ccc3c(n2)CCCC3)C1)C(=O)O. The lowest BCUT2D eigenvalue weighted by molar-refractivity contribution is -0.144. The topological polar surface area (TPSA) is 238 Å². The summed E-state index contributed by atoms with van der Waals surface area (Å²) in [6.07, 6.45) is 44.4. The molecule has 4 aromatic heterocycles.